The van der Waals surface area contributed by atoms with Crippen LogP contribution in [-0.4, -0.2) is 94.7 Å². The molecule has 0 aliphatic carbocycles. The Balaban J connectivity index is 1.81. The summed E-state index contributed by atoms with van der Waals surface area (Å²) in [6, 6.07) is -1.66. The van der Waals surface area contributed by atoms with Crippen LogP contribution in [0.25, 0.3) is 0 Å². The SMILES string of the molecule is CCCCCN1C/C=C\CCC(=O)NC[C@@H](C)OC(=O)[C@@H]2[C@H]3O[C@@]4(C=C3Br)[C@H](C1=O)N([C@@H](CO)CC(C)C)C(=O)[C@@H]24. The molecule has 0 saturated carbocycles. The highest BCUT2D eigenvalue weighted by Gasteiger charge is 2.75. The zero-order valence-electron chi connectivity index (χ0n) is 24.5. The van der Waals surface area contributed by atoms with Crippen molar-refractivity contribution in [2.75, 3.05) is 26.2 Å². The van der Waals surface area contributed by atoms with Crippen LogP contribution in [0.4, 0.5) is 0 Å². The summed E-state index contributed by atoms with van der Waals surface area (Å²) in [4.78, 5) is 58.1. The molecule has 2 N–H and O–H groups in total. The van der Waals surface area contributed by atoms with Crippen LogP contribution < -0.4 is 5.32 Å². The van der Waals surface area contributed by atoms with E-state index in [2.05, 4.69) is 28.2 Å². The van der Waals surface area contributed by atoms with Gasteiger partial charge in [0.1, 0.15) is 29.8 Å². The molecule has 4 heterocycles. The Morgan fingerprint density at radius 2 is 1.93 bits per heavy atom. The lowest BCUT2D eigenvalue weighted by atomic mass is 9.74. The van der Waals surface area contributed by atoms with Gasteiger partial charge in [-0.15, -0.1) is 0 Å². The lowest BCUT2D eigenvalue weighted by Gasteiger charge is -2.39. The summed E-state index contributed by atoms with van der Waals surface area (Å²) in [6.07, 6.45) is 8.16. The number of carbonyl (C=O) groups excluding carboxylic acids is 4. The summed E-state index contributed by atoms with van der Waals surface area (Å²) in [5.74, 6) is -3.20. The fourth-order valence-corrected chi connectivity index (χ4v) is 7.37. The van der Waals surface area contributed by atoms with Crippen LogP contribution >= 0.6 is 15.9 Å². The van der Waals surface area contributed by atoms with Crippen molar-refractivity contribution >= 4 is 39.6 Å². The van der Waals surface area contributed by atoms with Crippen LogP contribution in [0.3, 0.4) is 0 Å². The van der Waals surface area contributed by atoms with Crippen molar-refractivity contribution < 1.29 is 33.8 Å². The third kappa shape index (κ3) is 6.27. The summed E-state index contributed by atoms with van der Waals surface area (Å²) in [7, 11) is 0. The highest BCUT2D eigenvalue weighted by molar-refractivity contribution is 9.11. The topological polar surface area (TPSA) is 125 Å². The first-order chi connectivity index (χ1) is 19.5. The molecule has 1 spiro atoms. The van der Waals surface area contributed by atoms with Gasteiger partial charge < -0.3 is 29.7 Å². The van der Waals surface area contributed by atoms with Crippen molar-refractivity contribution in [1.82, 2.24) is 15.1 Å². The van der Waals surface area contributed by atoms with E-state index < -0.39 is 47.7 Å². The Labute approximate surface area is 251 Å². The number of aliphatic hydroxyl groups is 1. The van der Waals surface area contributed by atoms with E-state index in [4.69, 9.17) is 9.47 Å². The largest absolute Gasteiger partial charge is 0.460 e. The number of rotatable bonds is 8. The van der Waals surface area contributed by atoms with E-state index >= 15 is 0 Å². The Kier molecular flexibility index (Phi) is 10.3. The summed E-state index contributed by atoms with van der Waals surface area (Å²) in [5.41, 5.74) is -1.37. The number of aliphatic hydroxyl groups excluding tert-OH is 1. The summed E-state index contributed by atoms with van der Waals surface area (Å²) in [6.45, 7) is 8.42. The molecule has 3 amide bonds. The first-order valence-electron chi connectivity index (χ1n) is 15.0. The van der Waals surface area contributed by atoms with Gasteiger partial charge in [-0.05, 0) is 38.2 Å². The van der Waals surface area contributed by atoms with E-state index in [-0.39, 0.29) is 43.2 Å². The van der Waals surface area contributed by atoms with E-state index in [1.165, 1.54) is 4.90 Å². The number of unbranched alkanes of at least 4 members (excludes halogenated alkanes) is 2. The number of hydrogen-bond acceptors (Lipinski definition) is 7. The lowest BCUT2D eigenvalue weighted by molar-refractivity contribution is -0.159. The monoisotopic (exact) mass is 637 g/mol. The minimum absolute atomic E-state index is 0.146. The lowest BCUT2D eigenvalue weighted by Crippen LogP contribution is -2.58. The number of likely N-dealkylation sites (tertiary alicyclic amines) is 1. The Morgan fingerprint density at radius 3 is 2.61 bits per heavy atom. The average molecular weight is 639 g/mol. The fraction of sp³-hybridized carbons (Fsp3) is 0.733. The molecule has 7 atom stereocenters. The highest BCUT2D eigenvalue weighted by atomic mass is 79.9. The molecule has 228 valence electrons. The molecule has 0 aromatic carbocycles. The number of cyclic esters (lactones) is 1. The van der Waals surface area contributed by atoms with Gasteiger partial charge in [0.15, 0.2) is 0 Å². The smallest absolute Gasteiger partial charge is 0.313 e. The summed E-state index contributed by atoms with van der Waals surface area (Å²) < 4.78 is 12.9. The maximum absolute atomic E-state index is 14.6. The second-order valence-corrected chi connectivity index (χ2v) is 13.0. The molecule has 5 bridgehead atoms. The van der Waals surface area contributed by atoms with Gasteiger partial charge in [-0.2, -0.15) is 0 Å². The van der Waals surface area contributed by atoms with Crippen molar-refractivity contribution in [3.05, 3.63) is 22.7 Å². The van der Waals surface area contributed by atoms with Crippen LogP contribution in [-0.2, 0) is 28.7 Å². The number of nitrogens with one attached hydrogen (secondary N) is 1. The summed E-state index contributed by atoms with van der Waals surface area (Å²) in [5, 5.41) is 13.3. The van der Waals surface area contributed by atoms with Gasteiger partial charge in [0.2, 0.25) is 17.7 Å². The zero-order valence-corrected chi connectivity index (χ0v) is 26.1. The normalized spacial score (nSPS) is 34.0. The first kappa shape index (κ1) is 31.7. The van der Waals surface area contributed by atoms with Crippen LogP contribution in [0.5, 0.6) is 0 Å². The maximum atomic E-state index is 14.6. The van der Waals surface area contributed by atoms with E-state index in [0.717, 1.165) is 19.3 Å². The third-order valence-electron chi connectivity index (χ3n) is 8.50. The van der Waals surface area contributed by atoms with Crippen LogP contribution in [0.1, 0.15) is 66.2 Å². The number of carbonyl (C=O) groups is 4. The molecule has 4 aliphatic heterocycles. The number of hydrogen-bond donors (Lipinski definition) is 2. The molecule has 10 nitrogen and oxygen atoms in total. The van der Waals surface area contributed by atoms with Crippen molar-refractivity contribution in [2.24, 2.45) is 17.8 Å². The van der Waals surface area contributed by atoms with Crippen LogP contribution in [0.2, 0.25) is 0 Å². The predicted molar refractivity (Wildman–Crippen MR) is 156 cm³/mol. The van der Waals surface area contributed by atoms with Gasteiger partial charge in [0.25, 0.3) is 0 Å². The van der Waals surface area contributed by atoms with E-state index in [0.29, 0.717) is 30.4 Å². The van der Waals surface area contributed by atoms with Gasteiger partial charge >= 0.3 is 5.97 Å². The zero-order chi connectivity index (χ0) is 29.9. The molecule has 11 heteroatoms. The van der Waals surface area contributed by atoms with Crippen molar-refractivity contribution in [1.29, 1.82) is 0 Å². The van der Waals surface area contributed by atoms with Gasteiger partial charge in [-0.25, -0.2) is 0 Å². The number of ether oxygens (including phenoxy) is 2. The van der Waals surface area contributed by atoms with Gasteiger partial charge in [-0.3, -0.25) is 19.2 Å². The quantitative estimate of drug-likeness (QED) is 0.238. The molecule has 0 radical (unpaired) electrons. The number of esters is 1. The van der Waals surface area contributed by atoms with Crippen LogP contribution in [0.15, 0.2) is 22.7 Å². The number of allylic oxidation sites excluding steroid dienone is 1. The molecule has 0 aromatic rings. The number of fused-ring (bicyclic) bond motifs is 2. The van der Waals surface area contributed by atoms with Crippen molar-refractivity contribution in [3.8, 4) is 0 Å². The van der Waals surface area contributed by atoms with E-state index in [1.54, 1.807) is 17.9 Å². The minimum Gasteiger partial charge on any atom is -0.460 e. The standard InChI is InChI=1S/C30H44BrN3O7/c1-5-6-9-12-33-13-10-7-8-11-22(36)32-16-19(4)40-29(39)23-24-27(37)34(20(17-35)14-18(2)3)26(28(33)38)30(24)15-21(31)25(23)41-30/h7,10,15,18-20,23-26,35H,5-6,8-9,11-14,16-17H2,1-4H3,(H,32,36)/b10-7-/t19-,20-,23+,24-,25+,26+,30-/m1/s1. The molecular weight excluding hydrogens is 594 g/mol. The van der Waals surface area contributed by atoms with Crippen molar-refractivity contribution in [3.63, 3.8) is 0 Å². The number of amides is 3. The van der Waals surface area contributed by atoms with E-state index in [1.807, 2.05) is 26.0 Å². The van der Waals surface area contributed by atoms with Crippen LogP contribution in [0, 0.1) is 17.8 Å². The fourth-order valence-electron chi connectivity index (χ4n) is 6.63. The summed E-state index contributed by atoms with van der Waals surface area (Å²) >= 11 is 3.56. The molecule has 0 unspecified atom stereocenters. The molecule has 4 aliphatic rings. The number of halogens is 1. The van der Waals surface area contributed by atoms with Crippen molar-refractivity contribution in [2.45, 2.75) is 96.1 Å². The first-order valence-corrected chi connectivity index (χ1v) is 15.7. The second kappa shape index (κ2) is 13.4. The molecule has 2 saturated heterocycles. The van der Waals surface area contributed by atoms with Gasteiger partial charge in [-0.1, -0.05) is 61.7 Å². The van der Waals surface area contributed by atoms with Gasteiger partial charge in [0.05, 0.1) is 25.1 Å². The maximum Gasteiger partial charge on any atom is 0.313 e. The predicted octanol–water partition coefficient (Wildman–Crippen LogP) is 2.68. The second-order valence-electron chi connectivity index (χ2n) is 12.1. The Morgan fingerprint density at radius 1 is 1.17 bits per heavy atom. The molecular formula is C30H44BrN3O7. The number of nitrogens with zero attached hydrogens (tertiary/aromatic N) is 2. The van der Waals surface area contributed by atoms with E-state index in [9.17, 15) is 24.3 Å². The van der Waals surface area contributed by atoms with Gasteiger partial charge in [0, 0.05) is 24.0 Å². The molecule has 4 rings (SSSR count). The molecule has 2 fully saturated rings. The molecule has 41 heavy (non-hydrogen) atoms. The Bertz CT molecular complexity index is 1080. The highest BCUT2D eigenvalue weighted by Crippen LogP contribution is 2.59. The third-order valence-corrected chi connectivity index (χ3v) is 9.18. The minimum atomic E-state index is -1.37. The molecule has 0 aromatic heterocycles. The Hall–Kier alpha value is -2.24. The average Bonchev–Trinajstić information content (AvgIpc) is 3.51.